The molecule has 0 aromatic heterocycles. The van der Waals surface area contributed by atoms with Gasteiger partial charge in [0.05, 0.1) is 25.3 Å². The summed E-state index contributed by atoms with van der Waals surface area (Å²) in [7, 11) is 5.87. The van der Waals surface area contributed by atoms with E-state index in [4.69, 9.17) is 14.6 Å². The Morgan fingerprint density at radius 2 is 1.73 bits per heavy atom. The summed E-state index contributed by atoms with van der Waals surface area (Å²) in [6.07, 6.45) is 7.67. The number of benzene rings is 2. The van der Waals surface area contributed by atoms with Crippen LogP contribution in [0.5, 0.6) is 11.5 Å². The minimum absolute atomic E-state index is 0.0217. The van der Waals surface area contributed by atoms with E-state index in [-0.39, 0.29) is 29.3 Å². The number of piperazine rings is 1. The van der Waals surface area contributed by atoms with E-state index in [2.05, 4.69) is 56.0 Å². The molecule has 0 saturated carbocycles. The number of amides is 2. The summed E-state index contributed by atoms with van der Waals surface area (Å²) in [4.78, 5) is 33.7. The van der Waals surface area contributed by atoms with Crippen LogP contribution in [-0.4, -0.2) is 103 Å². The highest BCUT2D eigenvalue weighted by atomic mass is 16.5. The number of fused-ring (bicyclic) bond motifs is 2. The molecule has 4 aliphatic rings. The van der Waals surface area contributed by atoms with E-state index in [1.165, 1.54) is 0 Å². The molecule has 2 aromatic carbocycles. The molecule has 6 rings (SSSR count). The molecule has 1 fully saturated rings. The molecular weight excluding hydrogens is 566 g/mol. The second kappa shape index (κ2) is 13.0. The van der Waals surface area contributed by atoms with Crippen LogP contribution in [0.25, 0.3) is 0 Å². The van der Waals surface area contributed by atoms with E-state index in [0.29, 0.717) is 18.5 Å². The van der Waals surface area contributed by atoms with Crippen LogP contribution in [0, 0.1) is 11.8 Å². The number of hydrogen-bond acceptors (Lipinski definition) is 7. The normalized spacial score (nSPS) is 22.6. The lowest BCUT2D eigenvalue weighted by Crippen LogP contribution is -2.49. The van der Waals surface area contributed by atoms with Crippen molar-refractivity contribution in [1.29, 1.82) is 0 Å². The maximum Gasteiger partial charge on any atom is 0.253 e. The van der Waals surface area contributed by atoms with Crippen LogP contribution in [0.15, 0.2) is 53.7 Å². The number of ether oxygens (including phenoxy) is 2. The maximum atomic E-state index is 13.8. The van der Waals surface area contributed by atoms with Crippen molar-refractivity contribution >= 4 is 17.5 Å². The molecule has 2 atom stereocenters. The summed E-state index contributed by atoms with van der Waals surface area (Å²) in [6, 6.07) is 11.7. The molecule has 0 N–H and O–H groups in total. The Labute approximate surface area is 267 Å². The Morgan fingerprint density at radius 3 is 2.42 bits per heavy atom. The molecule has 9 heteroatoms. The molecule has 1 aliphatic carbocycles. The van der Waals surface area contributed by atoms with E-state index in [1.807, 2.05) is 35.2 Å². The average molecular weight is 614 g/mol. The molecule has 0 spiro atoms. The minimum atomic E-state index is -0.346. The van der Waals surface area contributed by atoms with Gasteiger partial charge in [0.1, 0.15) is 5.60 Å². The van der Waals surface area contributed by atoms with Crippen molar-refractivity contribution in [3.63, 3.8) is 0 Å². The van der Waals surface area contributed by atoms with Gasteiger partial charge in [-0.15, -0.1) is 0 Å². The van der Waals surface area contributed by atoms with Crippen molar-refractivity contribution in [3.05, 3.63) is 70.8 Å². The summed E-state index contributed by atoms with van der Waals surface area (Å²) < 4.78 is 12.0. The summed E-state index contributed by atoms with van der Waals surface area (Å²) in [6.45, 7) is 9.99. The van der Waals surface area contributed by atoms with Gasteiger partial charge < -0.3 is 19.3 Å². The van der Waals surface area contributed by atoms with E-state index >= 15 is 0 Å². The first kappa shape index (κ1) is 31.3. The highest BCUT2D eigenvalue weighted by Gasteiger charge is 2.43. The monoisotopic (exact) mass is 613 g/mol. The zero-order valence-electron chi connectivity index (χ0n) is 27.4. The molecule has 45 heavy (non-hydrogen) atoms. The van der Waals surface area contributed by atoms with E-state index in [1.54, 1.807) is 12.1 Å². The van der Waals surface area contributed by atoms with E-state index < -0.39 is 0 Å². The highest BCUT2D eigenvalue weighted by molar-refractivity contribution is 6.08. The quantitative estimate of drug-likeness (QED) is 0.389. The van der Waals surface area contributed by atoms with Gasteiger partial charge in [-0.2, -0.15) is 5.10 Å². The lowest BCUT2D eigenvalue weighted by atomic mass is 9.75. The molecule has 0 unspecified atom stereocenters. The van der Waals surface area contributed by atoms with Gasteiger partial charge in [-0.3, -0.25) is 14.5 Å². The molecule has 0 radical (unpaired) electrons. The van der Waals surface area contributed by atoms with Gasteiger partial charge in [-0.25, -0.2) is 5.01 Å². The van der Waals surface area contributed by atoms with Gasteiger partial charge in [-0.1, -0.05) is 24.3 Å². The van der Waals surface area contributed by atoms with Crippen LogP contribution in [0.4, 0.5) is 0 Å². The Bertz CT molecular complexity index is 1470. The van der Waals surface area contributed by atoms with Crippen LogP contribution >= 0.6 is 0 Å². The van der Waals surface area contributed by atoms with E-state index in [0.717, 1.165) is 92.4 Å². The zero-order chi connectivity index (χ0) is 31.7. The van der Waals surface area contributed by atoms with Crippen LogP contribution in [0.3, 0.4) is 0 Å². The molecule has 240 valence electrons. The summed E-state index contributed by atoms with van der Waals surface area (Å²) in [5, 5.41) is 6.69. The topological polar surface area (TPSA) is 77.9 Å². The molecule has 3 heterocycles. The third kappa shape index (κ3) is 6.65. The number of allylic oxidation sites excluding steroid dienone is 2. The average Bonchev–Trinajstić information content (AvgIpc) is 3.37. The first-order valence-electron chi connectivity index (χ1n) is 16.3. The third-order valence-corrected chi connectivity index (χ3v) is 9.56. The van der Waals surface area contributed by atoms with Crippen molar-refractivity contribution in [1.82, 2.24) is 19.7 Å². The number of hydrazone groups is 1. The third-order valence-electron chi connectivity index (χ3n) is 9.56. The number of nitrogens with zero attached hydrogens (tertiary/aromatic N) is 5. The molecular formula is C36H47N5O4. The smallest absolute Gasteiger partial charge is 0.253 e. The second-order valence-corrected chi connectivity index (χ2v) is 13.7. The van der Waals surface area contributed by atoms with Crippen molar-refractivity contribution in [3.8, 4) is 11.5 Å². The SMILES string of the molecule is COc1ccc(C2=NN(Cc3ccc(C(=O)N4CCN(CCCN(C)C)CC4)cc3)C(=O)[C@@H]3CC=CC[C@H]23)c2c1OC(C)(C)C2. The summed E-state index contributed by atoms with van der Waals surface area (Å²) >= 11 is 0. The van der Waals surface area contributed by atoms with E-state index in [9.17, 15) is 9.59 Å². The number of hydrogen-bond donors (Lipinski definition) is 0. The first-order valence-corrected chi connectivity index (χ1v) is 16.3. The van der Waals surface area contributed by atoms with Crippen molar-refractivity contribution in [2.75, 3.05) is 60.5 Å². The fraction of sp³-hybridized carbons (Fsp3) is 0.528. The van der Waals surface area contributed by atoms with Crippen LogP contribution in [0.1, 0.15) is 60.2 Å². The Morgan fingerprint density at radius 1 is 1.02 bits per heavy atom. The van der Waals surface area contributed by atoms with Crippen LogP contribution in [-0.2, 0) is 17.8 Å². The maximum absolute atomic E-state index is 13.8. The highest BCUT2D eigenvalue weighted by Crippen LogP contribution is 2.46. The number of carbonyl (C=O) groups is 2. The van der Waals surface area contributed by atoms with Gasteiger partial charge in [0.2, 0.25) is 5.91 Å². The number of carbonyl (C=O) groups excluding carboxylic acids is 2. The predicted molar refractivity (Wildman–Crippen MR) is 176 cm³/mol. The predicted octanol–water partition coefficient (Wildman–Crippen LogP) is 4.45. The van der Waals surface area contributed by atoms with Gasteiger partial charge in [-0.05, 0) is 90.1 Å². The Balaban J connectivity index is 1.18. The lowest BCUT2D eigenvalue weighted by molar-refractivity contribution is -0.138. The Hall–Kier alpha value is -3.69. The fourth-order valence-electron chi connectivity index (χ4n) is 7.13. The number of rotatable bonds is 9. The standard InChI is InChI=1S/C36H47N5O4/c1-36(2)23-30-28(15-16-31(44-5)33(30)45-36)32-27-9-6-7-10-29(27)35(43)41(37-32)24-25-11-13-26(14-12-25)34(42)40-21-19-39(20-22-40)18-8-17-38(3)4/h6-7,11-16,27,29H,8-10,17-24H2,1-5H3/t27-,29+/m0/s1. The zero-order valence-corrected chi connectivity index (χ0v) is 27.4. The molecule has 2 amide bonds. The second-order valence-electron chi connectivity index (χ2n) is 13.7. The fourth-order valence-corrected chi connectivity index (χ4v) is 7.13. The summed E-state index contributed by atoms with van der Waals surface area (Å²) in [5.74, 6) is 1.49. The van der Waals surface area contributed by atoms with Crippen molar-refractivity contribution in [2.24, 2.45) is 16.9 Å². The van der Waals surface area contributed by atoms with Crippen molar-refractivity contribution < 1.29 is 19.1 Å². The molecule has 0 bridgehead atoms. The lowest BCUT2D eigenvalue weighted by Gasteiger charge is -2.37. The Kier molecular flexibility index (Phi) is 9.02. The van der Waals surface area contributed by atoms with Gasteiger partial charge in [0, 0.05) is 55.2 Å². The van der Waals surface area contributed by atoms with Gasteiger partial charge >= 0.3 is 0 Å². The molecule has 3 aliphatic heterocycles. The van der Waals surface area contributed by atoms with Crippen LogP contribution < -0.4 is 9.47 Å². The molecule has 9 nitrogen and oxygen atoms in total. The molecule has 1 saturated heterocycles. The first-order chi connectivity index (χ1) is 21.6. The van der Waals surface area contributed by atoms with Gasteiger partial charge in [0.25, 0.3) is 5.91 Å². The minimum Gasteiger partial charge on any atom is -0.493 e. The molecule has 2 aromatic rings. The summed E-state index contributed by atoms with van der Waals surface area (Å²) in [5.41, 5.74) is 4.36. The largest absolute Gasteiger partial charge is 0.493 e. The van der Waals surface area contributed by atoms with Gasteiger partial charge in [0.15, 0.2) is 11.5 Å². The van der Waals surface area contributed by atoms with Crippen LogP contribution in [0.2, 0.25) is 0 Å². The number of methoxy groups -OCH3 is 1. The van der Waals surface area contributed by atoms with Crippen molar-refractivity contribution in [2.45, 2.75) is 51.7 Å².